The smallest absolute Gasteiger partial charge is 0.233 e. The summed E-state index contributed by atoms with van der Waals surface area (Å²) in [5.41, 5.74) is 7.74. The molecule has 0 bridgehead atoms. The number of nitrogen functional groups attached to an aromatic ring is 1. The highest BCUT2D eigenvalue weighted by Gasteiger charge is 2.47. The Morgan fingerprint density at radius 2 is 1.67 bits per heavy atom. The zero-order valence-electron chi connectivity index (χ0n) is 14.9. The molecule has 2 amide bonds. The average molecular weight is 364 g/mol. The Kier molecular flexibility index (Phi) is 4.31. The molecule has 2 aliphatic rings. The number of anilines is 3. The van der Waals surface area contributed by atoms with E-state index < -0.39 is 0 Å². The number of fused-ring (bicyclic) bond motifs is 1. The molecule has 1 aromatic carbocycles. The summed E-state index contributed by atoms with van der Waals surface area (Å²) in [6, 6.07) is 7.73. The van der Waals surface area contributed by atoms with Gasteiger partial charge in [-0.3, -0.25) is 14.5 Å². The minimum Gasteiger partial charge on any atom is -0.368 e. The van der Waals surface area contributed by atoms with Crippen LogP contribution in [0.4, 0.5) is 17.6 Å². The number of hydrogen-bond acceptors (Lipinski definition) is 7. The molecular formula is C19H20N6O2. The third-order valence-electron chi connectivity index (χ3n) is 4.91. The third-order valence-corrected chi connectivity index (χ3v) is 4.91. The Labute approximate surface area is 156 Å². The van der Waals surface area contributed by atoms with Crippen molar-refractivity contribution in [3.8, 4) is 0 Å². The molecule has 4 rings (SSSR count). The van der Waals surface area contributed by atoms with Crippen LogP contribution in [-0.2, 0) is 16.1 Å². The van der Waals surface area contributed by atoms with Crippen LogP contribution in [0.15, 0.2) is 36.4 Å². The van der Waals surface area contributed by atoms with Crippen LogP contribution in [0.25, 0.3) is 0 Å². The van der Waals surface area contributed by atoms with E-state index in [4.69, 9.17) is 5.73 Å². The molecule has 3 N–H and O–H groups in total. The Morgan fingerprint density at radius 3 is 2.30 bits per heavy atom. The maximum atomic E-state index is 12.6. The molecule has 27 heavy (non-hydrogen) atoms. The lowest BCUT2D eigenvalue weighted by Crippen LogP contribution is -2.31. The van der Waals surface area contributed by atoms with Crippen LogP contribution in [-0.4, -0.2) is 31.7 Å². The summed E-state index contributed by atoms with van der Waals surface area (Å²) in [5, 5.41) is 3.07. The number of nitrogens with two attached hydrogens (primary N) is 1. The van der Waals surface area contributed by atoms with Crippen LogP contribution in [0.2, 0.25) is 0 Å². The number of aromatic nitrogens is 3. The van der Waals surface area contributed by atoms with E-state index in [-0.39, 0.29) is 47.9 Å². The Bertz CT molecular complexity index is 898. The van der Waals surface area contributed by atoms with Crippen molar-refractivity contribution in [2.45, 2.75) is 26.3 Å². The largest absolute Gasteiger partial charge is 0.368 e. The number of nitrogens with zero attached hydrogens (tertiary/aromatic N) is 4. The van der Waals surface area contributed by atoms with E-state index in [1.807, 2.05) is 43.3 Å². The van der Waals surface area contributed by atoms with Gasteiger partial charge in [-0.25, -0.2) is 0 Å². The van der Waals surface area contributed by atoms with E-state index in [0.29, 0.717) is 12.8 Å². The zero-order chi connectivity index (χ0) is 19.0. The topological polar surface area (TPSA) is 114 Å². The van der Waals surface area contributed by atoms with Gasteiger partial charge < -0.3 is 11.1 Å². The van der Waals surface area contributed by atoms with E-state index in [9.17, 15) is 9.59 Å². The lowest BCUT2D eigenvalue weighted by molar-refractivity contribution is -0.140. The predicted octanol–water partition coefficient (Wildman–Crippen LogP) is 1.96. The van der Waals surface area contributed by atoms with Gasteiger partial charge in [0.15, 0.2) is 5.82 Å². The highest BCUT2D eigenvalue weighted by Crippen LogP contribution is 2.35. The Balaban J connectivity index is 1.54. The van der Waals surface area contributed by atoms with Crippen molar-refractivity contribution in [1.82, 2.24) is 19.9 Å². The van der Waals surface area contributed by atoms with Crippen LogP contribution in [0, 0.1) is 18.8 Å². The summed E-state index contributed by atoms with van der Waals surface area (Å²) >= 11 is 0. The van der Waals surface area contributed by atoms with Gasteiger partial charge in [0.05, 0.1) is 18.4 Å². The third kappa shape index (κ3) is 3.38. The van der Waals surface area contributed by atoms with E-state index in [1.54, 1.807) is 0 Å². The van der Waals surface area contributed by atoms with Gasteiger partial charge >= 0.3 is 0 Å². The van der Waals surface area contributed by atoms with Gasteiger partial charge in [-0.1, -0.05) is 29.8 Å². The zero-order valence-corrected chi connectivity index (χ0v) is 14.9. The van der Waals surface area contributed by atoms with Gasteiger partial charge in [0.25, 0.3) is 0 Å². The number of imide groups is 1. The maximum Gasteiger partial charge on any atom is 0.233 e. The molecule has 8 heteroatoms. The van der Waals surface area contributed by atoms with Crippen LogP contribution in [0.5, 0.6) is 0 Å². The number of allylic oxidation sites excluding steroid dienone is 2. The molecule has 1 aromatic heterocycles. The van der Waals surface area contributed by atoms with Crippen molar-refractivity contribution < 1.29 is 9.59 Å². The molecule has 138 valence electrons. The molecule has 0 saturated carbocycles. The normalized spacial score (nSPS) is 21.4. The van der Waals surface area contributed by atoms with Crippen LogP contribution in [0.1, 0.15) is 24.2 Å². The summed E-state index contributed by atoms with van der Waals surface area (Å²) in [7, 11) is 0. The van der Waals surface area contributed by atoms with Crippen molar-refractivity contribution in [2.75, 3.05) is 11.1 Å². The van der Waals surface area contributed by atoms with Gasteiger partial charge in [-0.15, -0.1) is 0 Å². The highest BCUT2D eigenvalue weighted by atomic mass is 16.2. The van der Waals surface area contributed by atoms with Crippen molar-refractivity contribution in [2.24, 2.45) is 11.8 Å². The molecule has 2 atom stereocenters. The number of amides is 2. The number of benzene rings is 1. The van der Waals surface area contributed by atoms with Gasteiger partial charge in [-0.05, 0) is 31.9 Å². The first kappa shape index (κ1) is 17.1. The fourth-order valence-corrected chi connectivity index (χ4v) is 3.50. The first-order valence-electron chi connectivity index (χ1n) is 8.85. The van der Waals surface area contributed by atoms with Crippen molar-refractivity contribution in [3.05, 3.63) is 47.8 Å². The molecule has 8 nitrogen and oxygen atoms in total. The molecule has 1 aliphatic carbocycles. The monoisotopic (exact) mass is 364 g/mol. The van der Waals surface area contributed by atoms with Crippen LogP contribution < -0.4 is 11.1 Å². The van der Waals surface area contributed by atoms with E-state index in [0.717, 1.165) is 11.3 Å². The Hall–Kier alpha value is -3.29. The summed E-state index contributed by atoms with van der Waals surface area (Å²) in [6.45, 7) is 2.00. The Morgan fingerprint density at radius 1 is 1.04 bits per heavy atom. The van der Waals surface area contributed by atoms with E-state index >= 15 is 0 Å². The molecule has 0 radical (unpaired) electrons. The van der Waals surface area contributed by atoms with Gasteiger partial charge in [0, 0.05) is 5.69 Å². The first-order chi connectivity index (χ1) is 13.0. The summed E-state index contributed by atoms with van der Waals surface area (Å²) < 4.78 is 0. The standard InChI is InChI=1S/C19H20N6O2/c1-11-6-8-12(9-7-11)21-19-23-15(22-18(20)24-19)10-25-16(26)13-4-2-3-5-14(13)17(25)27/h2-3,6-9,13-14H,4-5,10H2,1H3,(H3,20,21,22,23,24)/t13-,14+. The van der Waals surface area contributed by atoms with E-state index in [1.165, 1.54) is 4.90 Å². The molecule has 1 aliphatic heterocycles. The number of carbonyl (C=O) groups is 2. The maximum absolute atomic E-state index is 12.6. The second-order valence-electron chi connectivity index (χ2n) is 6.84. The molecule has 0 unspecified atom stereocenters. The number of hydrogen-bond donors (Lipinski definition) is 2. The van der Waals surface area contributed by atoms with Crippen LogP contribution >= 0.6 is 0 Å². The summed E-state index contributed by atoms with van der Waals surface area (Å²) in [6.07, 6.45) is 5.12. The lowest BCUT2D eigenvalue weighted by atomic mass is 9.85. The second kappa shape index (κ2) is 6.79. The molecule has 1 fully saturated rings. The minimum absolute atomic E-state index is 0.0000352. The number of carbonyl (C=O) groups excluding carboxylic acids is 2. The van der Waals surface area contributed by atoms with Gasteiger partial charge in [0.2, 0.25) is 23.7 Å². The van der Waals surface area contributed by atoms with Crippen molar-refractivity contribution >= 4 is 29.4 Å². The summed E-state index contributed by atoms with van der Waals surface area (Å²) in [4.78, 5) is 38.9. The SMILES string of the molecule is Cc1ccc(Nc2nc(N)nc(CN3C(=O)[C@H]4CC=CC[C@H]4C3=O)n2)cc1. The van der Waals surface area contributed by atoms with E-state index in [2.05, 4.69) is 20.3 Å². The fraction of sp³-hybridized carbons (Fsp3) is 0.316. The van der Waals surface area contributed by atoms with Gasteiger partial charge in [0.1, 0.15) is 0 Å². The molecule has 1 saturated heterocycles. The lowest BCUT2D eigenvalue weighted by Gasteiger charge is -2.14. The molecule has 0 spiro atoms. The number of rotatable bonds is 4. The number of aryl methyl sites for hydroxylation is 1. The molecule has 2 aromatic rings. The minimum atomic E-state index is -0.271. The fourth-order valence-electron chi connectivity index (χ4n) is 3.50. The molecule has 2 heterocycles. The number of likely N-dealkylation sites (tertiary alicyclic amines) is 1. The highest BCUT2D eigenvalue weighted by molar-refractivity contribution is 6.05. The first-order valence-corrected chi connectivity index (χ1v) is 8.85. The second-order valence-corrected chi connectivity index (χ2v) is 6.84. The van der Waals surface area contributed by atoms with Gasteiger partial charge in [-0.2, -0.15) is 15.0 Å². The van der Waals surface area contributed by atoms with Crippen molar-refractivity contribution in [1.29, 1.82) is 0 Å². The summed E-state index contributed by atoms with van der Waals surface area (Å²) in [5.74, 6) is -0.279. The predicted molar refractivity (Wildman–Crippen MR) is 99.6 cm³/mol. The number of nitrogens with one attached hydrogen (secondary N) is 1. The quantitative estimate of drug-likeness (QED) is 0.629. The van der Waals surface area contributed by atoms with Crippen molar-refractivity contribution in [3.63, 3.8) is 0 Å². The average Bonchev–Trinajstić information content (AvgIpc) is 2.89. The molecular weight excluding hydrogens is 344 g/mol. The van der Waals surface area contributed by atoms with Crippen LogP contribution in [0.3, 0.4) is 0 Å².